The van der Waals surface area contributed by atoms with Crippen LogP contribution in [0, 0.1) is 0 Å². The van der Waals surface area contributed by atoms with Crippen LogP contribution < -0.4 is 19.5 Å². The van der Waals surface area contributed by atoms with Gasteiger partial charge in [0, 0.05) is 12.1 Å². The van der Waals surface area contributed by atoms with Gasteiger partial charge in [0.25, 0.3) is 0 Å². The van der Waals surface area contributed by atoms with Gasteiger partial charge in [-0.2, -0.15) is 0 Å². The standard InChI is InChI=1S/C9H12BrO3P/c1-11-6-4-7(12-2)9(14-10)8(5-6)13-3/h4-5,14H,1-3H3. The maximum atomic E-state index is 5.24. The van der Waals surface area contributed by atoms with Gasteiger partial charge in [0.05, 0.1) is 26.6 Å². The van der Waals surface area contributed by atoms with Gasteiger partial charge in [0.2, 0.25) is 0 Å². The maximum Gasteiger partial charge on any atom is 0.134 e. The summed E-state index contributed by atoms with van der Waals surface area (Å²) in [5.41, 5.74) is 0. The summed E-state index contributed by atoms with van der Waals surface area (Å²) in [4.78, 5) is 0. The molecule has 1 unspecified atom stereocenters. The molecule has 1 aromatic carbocycles. The van der Waals surface area contributed by atoms with E-state index in [9.17, 15) is 0 Å². The third-order valence-corrected chi connectivity index (χ3v) is 3.68. The van der Waals surface area contributed by atoms with Crippen molar-refractivity contribution in [3.8, 4) is 17.2 Å². The molecule has 78 valence electrons. The first-order chi connectivity index (χ1) is 6.76. The Balaban J connectivity index is 3.24. The lowest BCUT2D eigenvalue weighted by Crippen LogP contribution is -2.05. The van der Waals surface area contributed by atoms with Crippen LogP contribution in [0.3, 0.4) is 0 Å². The van der Waals surface area contributed by atoms with Gasteiger partial charge in [-0.05, 0) is 7.28 Å². The van der Waals surface area contributed by atoms with Gasteiger partial charge >= 0.3 is 0 Å². The minimum absolute atomic E-state index is 0.446. The molecule has 0 bridgehead atoms. The quantitative estimate of drug-likeness (QED) is 0.792. The van der Waals surface area contributed by atoms with Gasteiger partial charge in [0.1, 0.15) is 17.2 Å². The maximum absolute atomic E-state index is 5.24. The lowest BCUT2D eigenvalue weighted by Gasteiger charge is -2.12. The second kappa shape index (κ2) is 5.42. The van der Waals surface area contributed by atoms with E-state index in [2.05, 4.69) is 15.5 Å². The largest absolute Gasteiger partial charge is 0.496 e. The fraction of sp³-hybridized carbons (Fsp3) is 0.333. The summed E-state index contributed by atoms with van der Waals surface area (Å²) in [5.74, 6) is 2.28. The van der Waals surface area contributed by atoms with Crippen molar-refractivity contribution in [2.45, 2.75) is 0 Å². The molecule has 0 fully saturated rings. The van der Waals surface area contributed by atoms with Crippen LogP contribution in [-0.4, -0.2) is 21.3 Å². The first-order valence-corrected chi connectivity index (χ1v) is 7.19. The van der Waals surface area contributed by atoms with E-state index in [0.29, 0.717) is 7.28 Å². The van der Waals surface area contributed by atoms with Crippen molar-refractivity contribution >= 4 is 28.1 Å². The Labute approximate surface area is 93.3 Å². The highest BCUT2D eigenvalue weighted by Gasteiger charge is 2.11. The zero-order valence-corrected chi connectivity index (χ0v) is 10.8. The average Bonchev–Trinajstić information content (AvgIpc) is 2.26. The molecule has 0 spiro atoms. The van der Waals surface area contributed by atoms with Crippen LogP contribution in [0.25, 0.3) is 0 Å². The van der Waals surface area contributed by atoms with E-state index in [1.54, 1.807) is 21.3 Å². The molecule has 3 nitrogen and oxygen atoms in total. The summed E-state index contributed by atoms with van der Waals surface area (Å²) < 4.78 is 15.6. The van der Waals surface area contributed by atoms with E-state index in [1.165, 1.54) is 0 Å². The van der Waals surface area contributed by atoms with Crippen LogP contribution in [0.4, 0.5) is 0 Å². The van der Waals surface area contributed by atoms with E-state index >= 15 is 0 Å². The Morgan fingerprint density at radius 3 is 1.79 bits per heavy atom. The second-order valence-electron chi connectivity index (χ2n) is 2.50. The Bertz CT molecular complexity index is 292. The first-order valence-electron chi connectivity index (χ1n) is 3.93. The van der Waals surface area contributed by atoms with E-state index < -0.39 is 0 Å². The molecule has 1 aromatic rings. The lowest BCUT2D eigenvalue weighted by molar-refractivity contribution is 0.380. The summed E-state index contributed by atoms with van der Waals surface area (Å²) in [6, 6.07) is 3.68. The monoisotopic (exact) mass is 278 g/mol. The number of ether oxygens (including phenoxy) is 3. The van der Waals surface area contributed by atoms with Gasteiger partial charge in [0.15, 0.2) is 0 Å². The number of benzene rings is 1. The van der Waals surface area contributed by atoms with Crippen LogP contribution in [0.1, 0.15) is 0 Å². The molecule has 0 saturated heterocycles. The smallest absolute Gasteiger partial charge is 0.134 e. The minimum Gasteiger partial charge on any atom is -0.496 e. The van der Waals surface area contributed by atoms with Crippen molar-refractivity contribution in [2.24, 2.45) is 0 Å². The molecule has 1 atom stereocenters. The van der Waals surface area contributed by atoms with E-state index in [-0.39, 0.29) is 0 Å². The molecule has 0 aliphatic rings. The second-order valence-corrected chi connectivity index (χ2v) is 4.38. The summed E-state index contributed by atoms with van der Waals surface area (Å²) in [6.45, 7) is 0. The number of methoxy groups -OCH3 is 3. The summed E-state index contributed by atoms with van der Waals surface area (Å²) >= 11 is 3.41. The molecule has 0 saturated carbocycles. The number of halogens is 1. The predicted molar refractivity (Wildman–Crippen MR) is 63.0 cm³/mol. The summed E-state index contributed by atoms with van der Waals surface area (Å²) in [6.07, 6.45) is 0. The zero-order valence-electron chi connectivity index (χ0n) is 8.26. The fourth-order valence-electron chi connectivity index (χ4n) is 1.10. The van der Waals surface area contributed by atoms with Crippen molar-refractivity contribution in [3.05, 3.63) is 12.1 Å². The van der Waals surface area contributed by atoms with E-state index in [4.69, 9.17) is 14.2 Å². The Morgan fingerprint density at radius 1 is 1.00 bits per heavy atom. The Hall–Kier alpha value is -0.470. The van der Waals surface area contributed by atoms with Gasteiger partial charge < -0.3 is 14.2 Å². The molecule has 1 rings (SSSR count). The highest BCUT2D eigenvalue weighted by molar-refractivity contribution is 9.37. The van der Waals surface area contributed by atoms with Crippen LogP contribution in [0.5, 0.6) is 17.2 Å². The fourth-order valence-corrected chi connectivity index (χ4v) is 2.81. The molecule has 0 aromatic heterocycles. The van der Waals surface area contributed by atoms with Gasteiger partial charge in [-0.25, -0.2) is 0 Å². The number of hydrogen-bond donors (Lipinski definition) is 0. The van der Waals surface area contributed by atoms with Crippen LogP contribution in [0.15, 0.2) is 12.1 Å². The van der Waals surface area contributed by atoms with E-state index in [0.717, 1.165) is 22.6 Å². The van der Waals surface area contributed by atoms with Crippen LogP contribution in [-0.2, 0) is 0 Å². The Morgan fingerprint density at radius 2 is 1.50 bits per heavy atom. The molecule has 0 aliphatic carbocycles. The minimum atomic E-state index is 0.446. The third-order valence-electron chi connectivity index (χ3n) is 1.81. The molecule has 0 amide bonds. The Kier molecular flexibility index (Phi) is 4.49. The van der Waals surface area contributed by atoms with Crippen molar-refractivity contribution < 1.29 is 14.2 Å². The van der Waals surface area contributed by atoms with Crippen LogP contribution in [0.2, 0.25) is 0 Å². The molecule has 0 aliphatic heterocycles. The lowest BCUT2D eigenvalue weighted by atomic mass is 10.3. The van der Waals surface area contributed by atoms with Crippen molar-refractivity contribution in [1.29, 1.82) is 0 Å². The molecular formula is C9H12BrO3P. The van der Waals surface area contributed by atoms with Gasteiger partial charge in [-0.15, -0.1) is 0 Å². The SMILES string of the molecule is COc1cc(OC)c(PBr)c(OC)c1. The normalized spacial score (nSPS) is 10.6. The number of hydrogen-bond acceptors (Lipinski definition) is 3. The topological polar surface area (TPSA) is 27.7 Å². The molecule has 14 heavy (non-hydrogen) atoms. The summed E-state index contributed by atoms with van der Waals surface area (Å²) in [5, 5.41) is 1.01. The van der Waals surface area contributed by atoms with Crippen molar-refractivity contribution in [3.63, 3.8) is 0 Å². The molecular weight excluding hydrogens is 267 g/mol. The molecule has 5 heteroatoms. The molecule has 0 N–H and O–H groups in total. The van der Waals surface area contributed by atoms with Crippen LogP contribution >= 0.6 is 22.8 Å². The zero-order chi connectivity index (χ0) is 10.6. The molecule has 0 heterocycles. The first kappa shape index (κ1) is 11.6. The van der Waals surface area contributed by atoms with Gasteiger partial charge in [-0.1, -0.05) is 15.5 Å². The van der Waals surface area contributed by atoms with E-state index in [1.807, 2.05) is 12.1 Å². The van der Waals surface area contributed by atoms with Crippen molar-refractivity contribution in [2.75, 3.05) is 21.3 Å². The van der Waals surface area contributed by atoms with Crippen molar-refractivity contribution in [1.82, 2.24) is 0 Å². The average molecular weight is 279 g/mol. The predicted octanol–water partition coefficient (Wildman–Crippen LogP) is 2.33. The third kappa shape index (κ3) is 2.31. The molecule has 0 radical (unpaired) electrons. The summed E-state index contributed by atoms with van der Waals surface area (Å²) in [7, 11) is 5.32. The highest BCUT2D eigenvalue weighted by atomic mass is 79.9. The highest BCUT2D eigenvalue weighted by Crippen LogP contribution is 2.34. The number of rotatable bonds is 4. The van der Waals surface area contributed by atoms with Gasteiger partial charge in [-0.3, -0.25) is 0 Å².